The van der Waals surface area contributed by atoms with Crippen molar-refractivity contribution in [3.63, 3.8) is 0 Å². The average molecular weight is 262 g/mol. The average Bonchev–Trinajstić information content (AvgIpc) is 2.09. The van der Waals surface area contributed by atoms with E-state index in [1.165, 1.54) is 12.1 Å². The topological polar surface area (TPSA) is 46.2 Å². The van der Waals surface area contributed by atoms with E-state index in [1.54, 1.807) is 13.0 Å². The predicted molar refractivity (Wildman–Crippen MR) is 57.3 cm³/mol. The van der Waals surface area contributed by atoms with E-state index in [-0.39, 0.29) is 12.4 Å². The molecule has 4 heteroatoms. The van der Waals surface area contributed by atoms with Crippen molar-refractivity contribution in [2.24, 2.45) is 5.73 Å². The van der Waals surface area contributed by atoms with Gasteiger partial charge in [-0.15, -0.1) is 0 Å². The molecule has 0 spiro atoms. The normalized spacial score (nSPS) is 15.2. The molecule has 1 atom stereocenters. The number of hydrogen-bond donors (Lipinski definition) is 2. The van der Waals surface area contributed by atoms with Crippen molar-refractivity contribution < 1.29 is 9.50 Å². The van der Waals surface area contributed by atoms with Gasteiger partial charge >= 0.3 is 0 Å². The van der Waals surface area contributed by atoms with Crippen molar-refractivity contribution in [1.82, 2.24) is 0 Å². The van der Waals surface area contributed by atoms with Gasteiger partial charge in [0.1, 0.15) is 5.82 Å². The monoisotopic (exact) mass is 261 g/mol. The van der Waals surface area contributed by atoms with Gasteiger partial charge in [0.05, 0.1) is 0 Å². The van der Waals surface area contributed by atoms with Crippen LogP contribution >= 0.6 is 15.9 Å². The predicted octanol–water partition coefficient (Wildman–Crippen LogP) is 2.14. The molecule has 0 aromatic heterocycles. The van der Waals surface area contributed by atoms with Gasteiger partial charge in [-0.25, -0.2) is 4.39 Å². The minimum Gasteiger partial charge on any atom is -0.396 e. The van der Waals surface area contributed by atoms with Crippen LogP contribution in [0.5, 0.6) is 0 Å². The van der Waals surface area contributed by atoms with Gasteiger partial charge in [0, 0.05) is 16.6 Å². The molecule has 0 fully saturated rings. The number of hydrogen-bond acceptors (Lipinski definition) is 2. The van der Waals surface area contributed by atoms with Crippen LogP contribution in [-0.2, 0) is 5.54 Å². The summed E-state index contributed by atoms with van der Waals surface area (Å²) in [5.41, 5.74) is 5.92. The van der Waals surface area contributed by atoms with Gasteiger partial charge < -0.3 is 10.8 Å². The van der Waals surface area contributed by atoms with Crippen LogP contribution in [0.15, 0.2) is 22.7 Å². The first-order valence-electron chi connectivity index (χ1n) is 4.32. The lowest BCUT2D eigenvalue weighted by Crippen LogP contribution is -2.34. The Kier molecular flexibility index (Phi) is 3.64. The minimum atomic E-state index is -0.713. The highest BCUT2D eigenvalue weighted by Crippen LogP contribution is 2.29. The quantitative estimate of drug-likeness (QED) is 0.876. The zero-order valence-corrected chi connectivity index (χ0v) is 9.51. The summed E-state index contributed by atoms with van der Waals surface area (Å²) in [7, 11) is 0. The zero-order valence-electron chi connectivity index (χ0n) is 7.93. The van der Waals surface area contributed by atoms with Crippen molar-refractivity contribution >= 4 is 15.9 Å². The van der Waals surface area contributed by atoms with Crippen LogP contribution < -0.4 is 5.73 Å². The maximum Gasteiger partial charge on any atom is 0.123 e. The summed E-state index contributed by atoms with van der Waals surface area (Å²) in [5, 5.41) is 8.83. The highest BCUT2D eigenvalue weighted by Gasteiger charge is 2.23. The minimum absolute atomic E-state index is 0.0179. The summed E-state index contributed by atoms with van der Waals surface area (Å²) in [6.45, 7) is 1.75. The Balaban J connectivity index is 3.10. The lowest BCUT2D eigenvalue weighted by atomic mass is 9.90. The molecule has 78 valence electrons. The number of rotatable bonds is 3. The fourth-order valence-corrected chi connectivity index (χ4v) is 2.00. The molecule has 0 unspecified atom stereocenters. The van der Waals surface area contributed by atoms with Crippen LogP contribution in [-0.4, -0.2) is 11.7 Å². The molecule has 0 aliphatic rings. The third-order valence-electron chi connectivity index (χ3n) is 2.17. The Morgan fingerprint density at radius 2 is 2.21 bits per heavy atom. The molecule has 0 amide bonds. The van der Waals surface area contributed by atoms with Crippen LogP contribution in [0.25, 0.3) is 0 Å². The smallest absolute Gasteiger partial charge is 0.123 e. The Hall–Kier alpha value is -0.450. The Morgan fingerprint density at radius 3 is 2.79 bits per heavy atom. The molecule has 0 aliphatic heterocycles. The molecule has 0 heterocycles. The van der Waals surface area contributed by atoms with Crippen molar-refractivity contribution in [2.45, 2.75) is 18.9 Å². The van der Waals surface area contributed by atoms with Crippen molar-refractivity contribution in [2.75, 3.05) is 6.61 Å². The van der Waals surface area contributed by atoms with Gasteiger partial charge in [-0.2, -0.15) is 0 Å². The number of nitrogens with two attached hydrogens (primary N) is 1. The molecular formula is C10H13BrFNO. The van der Waals surface area contributed by atoms with E-state index in [0.29, 0.717) is 12.0 Å². The first-order valence-corrected chi connectivity index (χ1v) is 5.12. The van der Waals surface area contributed by atoms with E-state index >= 15 is 0 Å². The molecule has 0 aliphatic carbocycles. The van der Waals surface area contributed by atoms with Gasteiger partial charge in [0.25, 0.3) is 0 Å². The second kappa shape index (κ2) is 4.38. The molecule has 1 rings (SSSR count). The van der Waals surface area contributed by atoms with Gasteiger partial charge in [-0.1, -0.05) is 15.9 Å². The largest absolute Gasteiger partial charge is 0.396 e. The Morgan fingerprint density at radius 1 is 1.57 bits per heavy atom. The lowest BCUT2D eigenvalue weighted by Gasteiger charge is -2.25. The number of halogens is 2. The fourth-order valence-electron chi connectivity index (χ4n) is 1.30. The first kappa shape index (κ1) is 11.6. The van der Waals surface area contributed by atoms with E-state index in [9.17, 15) is 4.39 Å². The summed E-state index contributed by atoms with van der Waals surface area (Å²) in [4.78, 5) is 0. The molecule has 3 N–H and O–H groups in total. The maximum absolute atomic E-state index is 13.0. The van der Waals surface area contributed by atoms with Crippen LogP contribution in [0.3, 0.4) is 0 Å². The Labute approximate surface area is 91.1 Å². The first-order chi connectivity index (χ1) is 6.47. The van der Waals surface area contributed by atoms with Gasteiger partial charge in [0.2, 0.25) is 0 Å². The summed E-state index contributed by atoms with van der Waals surface area (Å²) >= 11 is 3.31. The van der Waals surface area contributed by atoms with E-state index in [1.807, 2.05) is 0 Å². The van der Waals surface area contributed by atoms with E-state index in [0.717, 1.165) is 4.47 Å². The summed E-state index contributed by atoms with van der Waals surface area (Å²) < 4.78 is 13.7. The Bertz CT molecular complexity index is 328. The maximum atomic E-state index is 13.0. The van der Waals surface area contributed by atoms with Gasteiger partial charge in [0.15, 0.2) is 0 Å². The molecule has 1 aromatic carbocycles. The molecular weight excluding hydrogens is 249 g/mol. The number of aliphatic hydroxyl groups excluding tert-OH is 1. The molecule has 0 bridgehead atoms. The highest BCUT2D eigenvalue weighted by atomic mass is 79.9. The summed E-state index contributed by atoms with van der Waals surface area (Å²) in [6, 6.07) is 4.37. The molecule has 0 radical (unpaired) electrons. The van der Waals surface area contributed by atoms with E-state index in [4.69, 9.17) is 10.8 Å². The standard InChI is InChI=1S/C10H13BrFNO/c1-10(13,4-5-14)8-6-7(12)2-3-9(8)11/h2-3,6,14H,4-5,13H2,1H3/t10-/m0/s1. The second-order valence-corrected chi connectivity index (χ2v) is 4.37. The fraction of sp³-hybridized carbons (Fsp3) is 0.400. The SMILES string of the molecule is C[C@](N)(CCO)c1cc(F)ccc1Br. The van der Waals surface area contributed by atoms with Crippen LogP contribution in [0.2, 0.25) is 0 Å². The van der Waals surface area contributed by atoms with Crippen molar-refractivity contribution in [3.05, 3.63) is 34.1 Å². The third kappa shape index (κ3) is 2.53. The molecule has 14 heavy (non-hydrogen) atoms. The van der Waals surface area contributed by atoms with Crippen molar-refractivity contribution in [3.8, 4) is 0 Å². The number of aliphatic hydroxyl groups is 1. The third-order valence-corrected chi connectivity index (χ3v) is 2.87. The molecule has 0 saturated heterocycles. The zero-order chi connectivity index (χ0) is 10.8. The van der Waals surface area contributed by atoms with Crippen LogP contribution in [0, 0.1) is 5.82 Å². The van der Waals surface area contributed by atoms with E-state index < -0.39 is 5.54 Å². The van der Waals surface area contributed by atoms with Gasteiger partial charge in [-0.05, 0) is 37.1 Å². The van der Waals surface area contributed by atoms with Crippen molar-refractivity contribution in [1.29, 1.82) is 0 Å². The van der Waals surface area contributed by atoms with Crippen LogP contribution in [0.4, 0.5) is 4.39 Å². The highest BCUT2D eigenvalue weighted by molar-refractivity contribution is 9.10. The summed E-state index contributed by atoms with van der Waals surface area (Å²) in [6.07, 6.45) is 0.398. The molecule has 0 saturated carbocycles. The second-order valence-electron chi connectivity index (χ2n) is 3.52. The molecule has 2 nitrogen and oxygen atoms in total. The molecule has 1 aromatic rings. The van der Waals surface area contributed by atoms with Gasteiger partial charge in [-0.3, -0.25) is 0 Å². The summed E-state index contributed by atoms with van der Waals surface area (Å²) in [5.74, 6) is -0.321. The number of benzene rings is 1. The van der Waals surface area contributed by atoms with Crippen LogP contribution in [0.1, 0.15) is 18.9 Å². The lowest BCUT2D eigenvalue weighted by molar-refractivity contribution is 0.246. The van der Waals surface area contributed by atoms with E-state index in [2.05, 4.69) is 15.9 Å².